The molecule has 0 bridgehead atoms. The van der Waals surface area contributed by atoms with Crippen molar-refractivity contribution < 1.29 is 5.11 Å². The van der Waals surface area contributed by atoms with Crippen LogP contribution in [0.4, 0.5) is 0 Å². The molecule has 0 aliphatic carbocycles. The Morgan fingerprint density at radius 1 is 1.78 bits per heavy atom. The van der Waals surface area contributed by atoms with Gasteiger partial charge in [-0.2, -0.15) is 0 Å². The van der Waals surface area contributed by atoms with Crippen molar-refractivity contribution in [2.24, 2.45) is 0 Å². The summed E-state index contributed by atoms with van der Waals surface area (Å²) in [4.78, 5) is 0. The smallest absolute Gasteiger partial charge is 0.0622 e. The molecular formula is C7H11IO. The van der Waals surface area contributed by atoms with Crippen LogP contribution in [0.2, 0.25) is 0 Å². The lowest BCUT2D eigenvalue weighted by Gasteiger charge is -1.95. The minimum Gasteiger partial charge on any atom is -0.392 e. The van der Waals surface area contributed by atoms with Crippen molar-refractivity contribution in [1.29, 1.82) is 0 Å². The third kappa shape index (κ3) is 6.05. The Hall–Kier alpha value is 0.170. The number of hydrogen-bond acceptors (Lipinski definition) is 1. The Labute approximate surface area is 69.6 Å². The van der Waals surface area contributed by atoms with Gasteiger partial charge in [-0.25, -0.2) is 0 Å². The second-order valence-electron chi connectivity index (χ2n) is 1.97. The van der Waals surface area contributed by atoms with Gasteiger partial charge in [0.25, 0.3) is 0 Å². The van der Waals surface area contributed by atoms with E-state index in [4.69, 9.17) is 5.11 Å². The van der Waals surface area contributed by atoms with Crippen LogP contribution in [-0.4, -0.2) is 11.7 Å². The third-order valence-electron chi connectivity index (χ3n) is 0.783. The fraction of sp³-hybridized carbons (Fsp3) is 0.429. The zero-order chi connectivity index (χ0) is 7.28. The first-order valence-corrected chi connectivity index (χ1v) is 3.84. The van der Waals surface area contributed by atoms with Gasteiger partial charge in [-0.05, 0) is 45.6 Å². The molecule has 0 saturated heterocycles. The second-order valence-corrected chi connectivity index (χ2v) is 3.35. The van der Waals surface area contributed by atoms with Gasteiger partial charge in [-0.15, -0.1) is 0 Å². The SMILES string of the molecule is C=C(C)CC(I)=CCO. The molecule has 0 rings (SSSR count). The minimum atomic E-state index is 0.131. The molecular weight excluding hydrogens is 227 g/mol. The van der Waals surface area contributed by atoms with Crippen molar-refractivity contribution in [2.75, 3.05) is 6.61 Å². The van der Waals surface area contributed by atoms with E-state index in [9.17, 15) is 0 Å². The fourth-order valence-corrected chi connectivity index (χ4v) is 1.31. The summed E-state index contributed by atoms with van der Waals surface area (Å²) in [6, 6.07) is 0. The minimum absolute atomic E-state index is 0.131. The van der Waals surface area contributed by atoms with Gasteiger partial charge in [-0.3, -0.25) is 0 Å². The van der Waals surface area contributed by atoms with Crippen LogP contribution < -0.4 is 0 Å². The normalized spacial score (nSPS) is 11.7. The summed E-state index contributed by atoms with van der Waals surface area (Å²) in [5.41, 5.74) is 1.13. The highest BCUT2D eigenvalue weighted by Crippen LogP contribution is 2.14. The highest BCUT2D eigenvalue weighted by atomic mass is 127. The molecule has 0 fully saturated rings. The molecule has 2 heteroatoms. The lowest BCUT2D eigenvalue weighted by atomic mass is 10.2. The maximum atomic E-state index is 8.44. The molecule has 0 spiro atoms. The van der Waals surface area contributed by atoms with Crippen LogP contribution in [0.5, 0.6) is 0 Å². The topological polar surface area (TPSA) is 20.2 Å². The lowest BCUT2D eigenvalue weighted by Crippen LogP contribution is -1.78. The quantitative estimate of drug-likeness (QED) is 0.590. The predicted octanol–water partition coefficient (Wildman–Crippen LogP) is 2.26. The number of allylic oxidation sites excluding steroid dienone is 2. The molecule has 0 aromatic rings. The number of aliphatic hydroxyl groups excluding tert-OH is 1. The summed E-state index contributed by atoms with van der Waals surface area (Å²) in [7, 11) is 0. The first-order chi connectivity index (χ1) is 4.16. The Kier molecular flexibility index (Phi) is 5.09. The second kappa shape index (κ2) is 4.99. The van der Waals surface area contributed by atoms with Crippen LogP contribution in [0.1, 0.15) is 13.3 Å². The largest absolute Gasteiger partial charge is 0.392 e. The highest BCUT2D eigenvalue weighted by molar-refractivity contribution is 14.1. The monoisotopic (exact) mass is 238 g/mol. The maximum Gasteiger partial charge on any atom is 0.0622 e. The average Bonchev–Trinajstić information content (AvgIpc) is 1.63. The molecule has 0 aromatic heterocycles. The first kappa shape index (κ1) is 9.17. The van der Waals surface area contributed by atoms with E-state index in [2.05, 4.69) is 29.2 Å². The van der Waals surface area contributed by atoms with Crippen LogP contribution in [0, 0.1) is 0 Å². The maximum absolute atomic E-state index is 8.44. The van der Waals surface area contributed by atoms with Crippen LogP contribution in [0.25, 0.3) is 0 Å². The highest BCUT2D eigenvalue weighted by Gasteiger charge is 1.89. The Morgan fingerprint density at radius 3 is 2.67 bits per heavy atom. The van der Waals surface area contributed by atoms with E-state index in [0.29, 0.717) is 0 Å². The van der Waals surface area contributed by atoms with E-state index in [1.807, 2.05) is 6.92 Å². The first-order valence-electron chi connectivity index (χ1n) is 2.76. The molecule has 0 aliphatic heterocycles. The summed E-state index contributed by atoms with van der Waals surface area (Å²) in [5.74, 6) is 0. The van der Waals surface area contributed by atoms with Gasteiger partial charge in [-0.1, -0.05) is 12.2 Å². The number of halogens is 1. The molecule has 52 valence electrons. The van der Waals surface area contributed by atoms with E-state index >= 15 is 0 Å². The van der Waals surface area contributed by atoms with Crippen LogP contribution in [0.15, 0.2) is 21.8 Å². The summed E-state index contributed by atoms with van der Waals surface area (Å²) < 4.78 is 1.16. The van der Waals surface area contributed by atoms with Crippen LogP contribution in [0.3, 0.4) is 0 Å². The van der Waals surface area contributed by atoms with Crippen LogP contribution in [-0.2, 0) is 0 Å². The average molecular weight is 238 g/mol. The Morgan fingerprint density at radius 2 is 2.33 bits per heavy atom. The van der Waals surface area contributed by atoms with Crippen molar-refractivity contribution in [3.05, 3.63) is 21.8 Å². The Balaban J connectivity index is 3.62. The standard InChI is InChI=1S/C7H11IO/c1-6(2)5-7(8)3-4-9/h3,9H,1,4-5H2,2H3. The van der Waals surface area contributed by atoms with Gasteiger partial charge in [0.05, 0.1) is 6.61 Å². The molecule has 0 unspecified atom stereocenters. The molecule has 0 saturated carbocycles. The number of rotatable bonds is 3. The predicted molar refractivity (Wildman–Crippen MR) is 48.6 cm³/mol. The van der Waals surface area contributed by atoms with Crippen molar-refractivity contribution >= 4 is 22.6 Å². The van der Waals surface area contributed by atoms with Gasteiger partial charge >= 0.3 is 0 Å². The van der Waals surface area contributed by atoms with E-state index in [0.717, 1.165) is 15.6 Å². The summed E-state index contributed by atoms with van der Waals surface area (Å²) in [6.45, 7) is 5.86. The zero-order valence-electron chi connectivity index (χ0n) is 5.52. The molecule has 9 heavy (non-hydrogen) atoms. The molecule has 0 heterocycles. The van der Waals surface area contributed by atoms with Crippen molar-refractivity contribution in [3.8, 4) is 0 Å². The number of aliphatic hydroxyl groups is 1. The zero-order valence-corrected chi connectivity index (χ0v) is 7.68. The molecule has 0 aromatic carbocycles. The van der Waals surface area contributed by atoms with E-state index < -0.39 is 0 Å². The van der Waals surface area contributed by atoms with Gasteiger partial charge in [0.1, 0.15) is 0 Å². The summed E-state index contributed by atoms with van der Waals surface area (Å²) in [5, 5.41) is 8.44. The van der Waals surface area contributed by atoms with Gasteiger partial charge in [0.15, 0.2) is 0 Å². The molecule has 1 nitrogen and oxygen atoms in total. The van der Waals surface area contributed by atoms with Crippen molar-refractivity contribution in [3.63, 3.8) is 0 Å². The van der Waals surface area contributed by atoms with Crippen molar-refractivity contribution in [2.45, 2.75) is 13.3 Å². The van der Waals surface area contributed by atoms with Crippen LogP contribution >= 0.6 is 22.6 Å². The van der Waals surface area contributed by atoms with Gasteiger partial charge in [0.2, 0.25) is 0 Å². The molecule has 0 atom stereocenters. The van der Waals surface area contributed by atoms with Gasteiger partial charge in [0, 0.05) is 0 Å². The molecule has 0 radical (unpaired) electrons. The molecule has 0 aliphatic rings. The van der Waals surface area contributed by atoms with Gasteiger partial charge < -0.3 is 5.11 Å². The summed E-state index contributed by atoms with van der Waals surface area (Å²) in [6.07, 6.45) is 2.68. The third-order valence-corrected chi connectivity index (χ3v) is 1.61. The van der Waals surface area contributed by atoms with E-state index in [1.54, 1.807) is 6.08 Å². The molecule has 1 N–H and O–H groups in total. The lowest BCUT2D eigenvalue weighted by molar-refractivity contribution is 0.342. The van der Waals surface area contributed by atoms with E-state index in [1.165, 1.54) is 0 Å². The molecule has 0 amide bonds. The Bertz CT molecular complexity index is 127. The summed E-state index contributed by atoms with van der Waals surface area (Å²) >= 11 is 2.20. The fourth-order valence-electron chi connectivity index (χ4n) is 0.460. The number of hydrogen-bond donors (Lipinski definition) is 1. The van der Waals surface area contributed by atoms with E-state index in [-0.39, 0.29) is 6.61 Å². The van der Waals surface area contributed by atoms with Crippen molar-refractivity contribution in [1.82, 2.24) is 0 Å².